The molecule has 2 amide bonds. The molecule has 0 atom stereocenters. The Hall–Kier alpha value is -2.04. The van der Waals surface area contributed by atoms with Gasteiger partial charge in [-0.2, -0.15) is 0 Å². The van der Waals surface area contributed by atoms with E-state index in [1.54, 1.807) is 29.2 Å². The number of nitrogens with one attached hydrogen (secondary N) is 1. The molecule has 0 spiro atoms. The van der Waals surface area contributed by atoms with Crippen LogP contribution in [0.4, 0.5) is 10.5 Å². The van der Waals surface area contributed by atoms with Gasteiger partial charge in [-0.1, -0.05) is 12.1 Å². The molecule has 1 rings (SSSR count). The molecule has 98 valence electrons. The molecule has 0 heterocycles. The number of aliphatic carboxylic acids is 1. The second kappa shape index (κ2) is 6.64. The van der Waals surface area contributed by atoms with Crippen molar-refractivity contribution in [2.75, 3.05) is 18.4 Å². The number of carbonyl (C=O) groups is 2. The standard InChI is InChI=1S/C13H18N2O3/c1-3-15(4-2)13(18)14-11-7-5-6-10(8-11)9-12(16)17/h5-8H,3-4,9H2,1-2H3,(H,14,18)(H,16,17). The summed E-state index contributed by atoms with van der Waals surface area (Å²) in [6, 6.07) is 6.70. The van der Waals surface area contributed by atoms with Crippen molar-refractivity contribution in [3.05, 3.63) is 29.8 Å². The molecule has 2 N–H and O–H groups in total. The molecule has 0 saturated carbocycles. The predicted octanol–water partition coefficient (Wildman–Crippen LogP) is 2.19. The van der Waals surface area contributed by atoms with Gasteiger partial charge in [0, 0.05) is 18.8 Å². The van der Waals surface area contributed by atoms with Crippen LogP contribution < -0.4 is 5.32 Å². The van der Waals surface area contributed by atoms with Gasteiger partial charge in [-0.3, -0.25) is 4.79 Å². The lowest BCUT2D eigenvalue weighted by molar-refractivity contribution is -0.136. The van der Waals surface area contributed by atoms with Crippen molar-refractivity contribution < 1.29 is 14.7 Å². The number of amides is 2. The Balaban J connectivity index is 2.72. The number of rotatable bonds is 5. The molecule has 0 aliphatic carbocycles. The number of carboxylic acid groups (broad SMARTS) is 1. The van der Waals surface area contributed by atoms with Crippen LogP contribution in [0.25, 0.3) is 0 Å². The highest BCUT2D eigenvalue weighted by molar-refractivity contribution is 5.89. The second-order valence-electron chi connectivity index (χ2n) is 3.87. The molecule has 0 radical (unpaired) electrons. The van der Waals surface area contributed by atoms with E-state index in [2.05, 4.69) is 5.32 Å². The minimum Gasteiger partial charge on any atom is -0.481 e. The first kappa shape index (κ1) is 14.0. The Bertz CT molecular complexity index is 428. The third kappa shape index (κ3) is 4.08. The third-order valence-electron chi connectivity index (χ3n) is 2.58. The summed E-state index contributed by atoms with van der Waals surface area (Å²) in [4.78, 5) is 24.1. The molecule has 5 heteroatoms. The van der Waals surface area contributed by atoms with Crippen molar-refractivity contribution in [3.63, 3.8) is 0 Å². The fourth-order valence-electron chi connectivity index (χ4n) is 1.65. The van der Waals surface area contributed by atoms with Gasteiger partial charge in [-0.25, -0.2) is 4.79 Å². The Labute approximate surface area is 106 Å². The largest absolute Gasteiger partial charge is 0.481 e. The third-order valence-corrected chi connectivity index (χ3v) is 2.58. The number of benzene rings is 1. The predicted molar refractivity (Wildman–Crippen MR) is 69.7 cm³/mol. The summed E-state index contributed by atoms with van der Waals surface area (Å²) in [5.74, 6) is -0.887. The number of hydrogen-bond donors (Lipinski definition) is 2. The monoisotopic (exact) mass is 250 g/mol. The van der Waals surface area contributed by atoms with Gasteiger partial charge >= 0.3 is 12.0 Å². The van der Waals surface area contributed by atoms with Gasteiger partial charge < -0.3 is 15.3 Å². The van der Waals surface area contributed by atoms with Crippen molar-refractivity contribution in [3.8, 4) is 0 Å². The highest BCUT2D eigenvalue weighted by Crippen LogP contribution is 2.12. The van der Waals surface area contributed by atoms with E-state index < -0.39 is 5.97 Å². The topological polar surface area (TPSA) is 69.6 Å². The Morgan fingerprint density at radius 3 is 2.50 bits per heavy atom. The van der Waals surface area contributed by atoms with Gasteiger partial charge in [0.25, 0.3) is 0 Å². The fourth-order valence-corrected chi connectivity index (χ4v) is 1.65. The van der Waals surface area contributed by atoms with E-state index in [0.717, 1.165) is 0 Å². The van der Waals surface area contributed by atoms with Crippen LogP contribution in [0, 0.1) is 0 Å². The van der Waals surface area contributed by atoms with E-state index in [1.807, 2.05) is 13.8 Å². The van der Waals surface area contributed by atoms with E-state index in [4.69, 9.17) is 5.11 Å². The molecule has 1 aromatic rings. The second-order valence-corrected chi connectivity index (χ2v) is 3.87. The molecular weight excluding hydrogens is 232 g/mol. The SMILES string of the molecule is CCN(CC)C(=O)Nc1cccc(CC(=O)O)c1. The van der Waals surface area contributed by atoms with Crippen LogP contribution in [0.1, 0.15) is 19.4 Å². The molecular formula is C13H18N2O3. The molecule has 0 fully saturated rings. The number of carboxylic acids is 1. The first-order valence-electron chi connectivity index (χ1n) is 5.93. The van der Waals surface area contributed by atoms with Crippen molar-refractivity contribution in [2.24, 2.45) is 0 Å². The average Bonchev–Trinajstić information content (AvgIpc) is 2.30. The highest BCUT2D eigenvalue weighted by Gasteiger charge is 2.09. The zero-order chi connectivity index (χ0) is 13.5. The number of anilines is 1. The van der Waals surface area contributed by atoms with Gasteiger partial charge in [0.05, 0.1) is 6.42 Å². The lowest BCUT2D eigenvalue weighted by atomic mass is 10.1. The summed E-state index contributed by atoms with van der Waals surface area (Å²) >= 11 is 0. The minimum absolute atomic E-state index is 0.0466. The van der Waals surface area contributed by atoms with Crippen molar-refractivity contribution in [1.82, 2.24) is 4.90 Å². The molecule has 0 aliphatic heterocycles. The summed E-state index contributed by atoms with van der Waals surface area (Å²) in [6.45, 7) is 5.09. The van der Waals surface area contributed by atoms with Crippen molar-refractivity contribution in [2.45, 2.75) is 20.3 Å². The maximum Gasteiger partial charge on any atom is 0.321 e. The maximum atomic E-state index is 11.8. The molecule has 0 aromatic heterocycles. The zero-order valence-electron chi connectivity index (χ0n) is 10.6. The normalized spacial score (nSPS) is 9.89. The quantitative estimate of drug-likeness (QED) is 0.841. The Kier molecular flexibility index (Phi) is 5.17. The number of nitrogens with zero attached hydrogens (tertiary/aromatic N) is 1. The first-order chi connectivity index (χ1) is 8.56. The van der Waals surface area contributed by atoms with E-state index in [9.17, 15) is 9.59 Å². The van der Waals surface area contributed by atoms with Crippen LogP contribution in [0.15, 0.2) is 24.3 Å². The summed E-state index contributed by atoms with van der Waals surface area (Å²) in [6.07, 6.45) is -0.0466. The molecule has 0 bridgehead atoms. The molecule has 18 heavy (non-hydrogen) atoms. The molecule has 0 unspecified atom stereocenters. The number of carbonyl (C=O) groups excluding carboxylic acids is 1. The molecule has 1 aromatic carbocycles. The van der Waals surface area contributed by atoms with Gasteiger partial charge in [-0.05, 0) is 31.5 Å². The highest BCUT2D eigenvalue weighted by atomic mass is 16.4. The maximum absolute atomic E-state index is 11.8. The average molecular weight is 250 g/mol. The van der Waals surface area contributed by atoms with Gasteiger partial charge in [-0.15, -0.1) is 0 Å². The van der Waals surface area contributed by atoms with Crippen LogP contribution >= 0.6 is 0 Å². The van der Waals surface area contributed by atoms with Crippen LogP contribution in [0.3, 0.4) is 0 Å². The smallest absolute Gasteiger partial charge is 0.321 e. The van der Waals surface area contributed by atoms with Crippen LogP contribution in [-0.2, 0) is 11.2 Å². The van der Waals surface area contributed by atoms with Crippen molar-refractivity contribution in [1.29, 1.82) is 0 Å². The van der Waals surface area contributed by atoms with E-state index in [0.29, 0.717) is 24.3 Å². The van der Waals surface area contributed by atoms with Crippen LogP contribution in [-0.4, -0.2) is 35.1 Å². The Morgan fingerprint density at radius 2 is 1.94 bits per heavy atom. The van der Waals surface area contributed by atoms with Crippen LogP contribution in [0.2, 0.25) is 0 Å². The fraction of sp³-hybridized carbons (Fsp3) is 0.385. The number of urea groups is 1. The van der Waals surface area contributed by atoms with Crippen LogP contribution in [0.5, 0.6) is 0 Å². The van der Waals surface area contributed by atoms with Crippen molar-refractivity contribution >= 4 is 17.7 Å². The van der Waals surface area contributed by atoms with E-state index >= 15 is 0 Å². The summed E-state index contributed by atoms with van der Waals surface area (Å²) in [7, 11) is 0. The van der Waals surface area contributed by atoms with E-state index in [-0.39, 0.29) is 12.5 Å². The summed E-state index contributed by atoms with van der Waals surface area (Å²) in [5.41, 5.74) is 1.28. The molecule has 0 aliphatic rings. The minimum atomic E-state index is -0.887. The molecule has 0 saturated heterocycles. The zero-order valence-corrected chi connectivity index (χ0v) is 10.6. The van der Waals surface area contributed by atoms with Gasteiger partial charge in [0.1, 0.15) is 0 Å². The Morgan fingerprint density at radius 1 is 1.28 bits per heavy atom. The molecule has 5 nitrogen and oxygen atoms in total. The lowest BCUT2D eigenvalue weighted by Gasteiger charge is -2.19. The number of hydrogen-bond acceptors (Lipinski definition) is 2. The van der Waals surface area contributed by atoms with Gasteiger partial charge in [0.2, 0.25) is 0 Å². The summed E-state index contributed by atoms with van der Waals surface area (Å²) in [5, 5.41) is 11.5. The first-order valence-corrected chi connectivity index (χ1v) is 5.93. The van der Waals surface area contributed by atoms with Gasteiger partial charge in [0.15, 0.2) is 0 Å². The lowest BCUT2D eigenvalue weighted by Crippen LogP contribution is -2.34. The van der Waals surface area contributed by atoms with E-state index in [1.165, 1.54) is 0 Å². The summed E-state index contributed by atoms with van der Waals surface area (Å²) < 4.78 is 0.